The molecule has 0 aliphatic carbocycles. The van der Waals surface area contributed by atoms with Crippen molar-refractivity contribution in [3.63, 3.8) is 0 Å². The third kappa shape index (κ3) is 1.51. The monoisotopic (exact) mass is 273 g/mol. The first-order valence-corrected chi connectivity index (χ1v) is 5.69. The molecule has 0 saturated heterocycles. The van der Waals surface area contributed by atoms with E-state index >= 15 is 0 Å². The van der Waals surface area contributed by atoms with Crippen molar-refractivity contribution in [2.75, 3.05) is 0 Å². The topological polar surface area (TPSA) is 41.6 Å². The lowest BCUT2D eigenvalue weighted by molar-refractivity contribution is 1.12. The van der Waals surface area contributed by atoms with Crippen molar-refractivity contribution in [3.8, 4) is 11.3 Å². The van der Waals surface area contributed by atoms with Gasteiger partial charge in [-0.25, -0.2) is 4.98 Å². The molecule has 3 rings (SSSR count). The molecular weight excluding hydrogens is 266 g/mol. The normalized spacial score (nSPS) is 10.8. The summed E-state index contributed by atoms with van der Waals surface area (Å²) in [5, 5.41) is 8.38. The summed E-state index contributed by atoms with van der Waals surface area (Å²) >= 11 is 3.37. The number of pyridine rings is 1. The predicted octanol–water partition coefficient (Wildman–Crippen LogP) is 3.39. The third-order valence-corrected chi connectivity index (χ3v) is 2.89. The van der Waals surface area contributed by atoms with Gasteiger partial charge >= 0.3 is 0 Å². The second kappa shape index (κ2) is 3.72. The van der Waals surface area contributed by atoms with Crippen LogP contribution in [0.5, 0.6) is 0 Å². The van der Waals surface area contributed by atoms with Gasteiger partial charge in [0.05, 0.1) is 11.7 Å². The van der Waals surface area contributed by atoms with Crippen molar-refractivity contribution >= 4 is 26.8 Å². The molecule has 0 unspecified atom stereocenters. The fraction of sp³-hybridized carbons (Fsp3) is 0. The number of aromatic nitrogens is 3. The molecule has 0 spiro atoms. The Balaban J connectivity index is 2.29. The molecule has 2 aromatic heterocycles. The van der Waals surface area contributed by atoms with Crippen LogP contribution in [0, 0.1) is 0 Å². The zero-order valence-electron chi connectivity index (χ0n) is 8.31. The van der Waals surface area contributed by atoms with Crippen molar-refractivity contribution in [2.24, 2.45) is 0 Å². The maximum absolute atomic E-state index is 4.32. The van der Waals surface area contributed by atoms with Gasteiger partial charge in [0.25, 0.3) is 0 Å². The van der Waals surface area contributed by atoms with Crippen LogP contribution in [0.4, 0.5) is 0 Å². The number of aromatic amines is 1. The molecule has 0 amide bonds. The Morgan fingerprint density at radius 1 is 1.12 bits per heavy atom. The van der Waals surface area contributed by atoms with E-state index in [1.54, 1.807) is 6.20 Å². The molecule has 4 heteroatoms. The van der Waals surface area contributed by atoms with Gasteiger partial charge in [-0.05, 0) is 22.0 Å². The molecule has 78 valence electrons. The molecule has 3 nitrogen and oxygen atoms in total. The first-order valence-electron chi connectivity index (χ1n) is 4.89. The molecule has 0 saturated carbocycles. The zero-order chi connectivity index (χ0) is 11.0. The van der Waals surface area contributed by atoms with Gasteiger partial charge in [0, 0.05) is 10.9 Å². The number of halogens is 1. The van der Waals surface area contributed by atoms with Crippen LogP contribution in [0.25, 0.3) is 22.2 Å². The molecule has 0 aliphatic rings. The minimum Gasteiger partial charge on any atom is -0.276 e. The van der Waals surface area contributed by atoms with E-state index in [0.717, 1.165) is 26.8 Å². The first-order chi connectivity index (χ1) is 7.84. The highest BCUT2D eigenvalue weighted by Gasteiger charge is 2.07. The summed E-state index contributed by atoms with van der Waals surface area (Å²) in [6.45, 7) is 0. The number of rotatable bonds is 1. The number of H-pyrrole nitrogens is 1. The van der Waals surface area contributed by atoms with Gasteiger partial charge in [-0.15, -0.1) is 0 Å². The highest BCUT2D eigenvalue weighted by molar-refractivity contribution is 9.10. The van der Waals surface area contributed by atoms with Crippen molar-refractivity contribution in [3.05, 3.63) is 47.2 Å². The number of hydrogen-bond acceptors (Lipinski definition) is 2. The summed E-state index contributed by atoms with van der Waals surface area (Å²) in [7, 11) is 0. The predicted molar refractivity (Wildman–Crippen MR) is 67.0 cm³/mol. The molecule has 1 N–H and O–H groups in total. The van der Waals surface area contributed by atoms with E-state index in [-0.39, 0.29) is 0 Å². The van der Waals surface area contributed by atoms with Crippen LogP contribution in [-0.2, 0) is 0 Å². The third-order valence-electron chi connectivity index (χ3n) is 2.46. The number of benzene rings is 1. The van der Waals surface area contributed by atoms with Gasteiger partial charge in [0.2, 0.25) is 0 Å². The van der Waals surface area contributed by atoms with Gasteiger partial charge in [0.15, 0.2) is 0 Å². The summed E-state index contributed by atoms with van der Waals surface area (Å²) in [5.41, 5.74) is 3.01. The number of nitrogens with one attached hydrogen (secondary N) is 1. The van der Waals surface area contributed by atoms with E-state index in [2.05, 4.69) is 31.1 Å². The lowest BCUT2D eigenvalue weighted by Crippen LogP contribution is -1.78. The lowest BCUT2D eigenvalue weighted by atomic mass is 10.1. The number of hydrogen-bond donors (Lipinski definition) is 1. The van der Waals surface area contributed by atoms with Gasteiger partial charge in [-0.1, -0.05) is 30.3 Å². The fourth-order valence-corrected chi connectivity index (χ4v) is 2.04. The van der Waals surface area contributed by atoms with Crippen LogP contribution < -0.4 is 0 Å². The largest absolute Gasteiger partial charge is 0.276 e. The van der Waals surface area contributed by atoms with Crippen molar-refractivity contribution in [1.82, 2.24) is 15.2 Å². The van der Waals surface area contributed by atoms with E-state index in [0.29, 0.717) is 0 Å². The smallest absolute Gasteiger partial charge is 0.106 e. The van der Waals surface area contributed by atoms with E-state index in [4.69, 9.17) is 0 Å². The summed E-state index contributed by atoms with van der Waals surface area (Å²) in [6, 6.07) is 12.1. The van der Waals surface area contributed by atoms with Gasteiger partial charge < -0.3 is 0 Å². The zero-order valence-corrected chi connectivity index (χ0v) is 9.90. The summed E-state index contributed by atoms with van der Waals surface area (Å²) < 4.78 is 0.818. The Bertz CT molecular complexity index is 631. The highest BCUT2D eigenvalue weighted by atomic mass is 79.9. The molecule has 1 aromatic carbocycles. The molecule has 2 heterocycles. The molecule has 16 heavy (non-hydrogen) atoms. The lowest BCUT2D eigenvalue weighted by Gasteiger charge is -1.96. The Labute approximate surface area is 101 Å². The number of fused-ring (bicyclic) bond motifs is 1. The Morgan fingerprint density at radius 3 is 2.75 bits per heavy atom. The standard InChI is InChI=1S/C12H8BrN3/c13-11-6-9-10(7-14-11)15-16-12(9)8-4-2-1-3-5-8/h1-7H,(H,15,16). The molecule has 0 bridgehead atoms. The average Bonchev–Trinajstić information content (AvgIpc) is 2.73. The SMILES string of the molecule is Brc1cc2c(-c3ccccc3)n[nH]c2cn1. The van der Waals surface area contributed by atoms with E-state index in [9.17, 15) is 0 Å². The van der Waals surface area contributed by atoms with Gasteiger partial charge in [-0.3, -0.25) is 5.10 Å². The van der Waals surface area contributed by atoms with E-state index in [1.165, 1.54) is 0 Å². The Morgan fingerprint density at radius 2 is 1.94 bits per heavy atom. The second-order valence-corrected chi connectivity index (χ2v) is 4.30. The minimum absolute atomic E-state index is 0.818. The van der Waals surface area contributed by atoms with Crippen LogP contribution in [0.1, 0.15) is 0 Å². The maximum Gasteiger partial charge on any atom is 0.106 e. The molecule has 3 aromatic rings. The fourth-order valence-electron chi connectivity index (χ4n) is 1.71. The van der Waals surface area contributed by atoms with Crippen LogP contribution in [-0.4, -0.2) is 15.2 Å². The van der Waals surface area contributed by atoms with Crippen molar-refractivity contribution in [1.29, 1.82) is 0 Å². The first kappa shape index (κ1) is 9.54. The van der Waals surface area contributed by atoms with Crippen LogP contribution >= 0.6 is 15.9 Å². The minimum atomic E-state index is 0.818. The molecule has 0 aliphatic heterocycles. The summed E-state index contributed by atoms with van der Waals surface area (Å²) in [6.07, 6.45) is 1.78. The van der Waals surface area contributed by atoms with E-state index in [1.807, 2.05) is 36.4 Å². The van der Waals surface area contributed by atoms with Crippen molar-refractivity contribution < 1.29 is 0 Å². The Hall–Kier alpha value is -1.68. The van der Waals surface area contributed by atoms with Gasteiger partial charge in [-0.2, -0.15) is 5.10 Å². The second-order valence-electron chi connectivity index (χ2n) is 3.49. The number of nitrogens with zero attached hydrogens (tertiary/aromatic N) is 2. The quantitative estimate of drug-likeness (QED) is 0.691. The van der Waals surface area contributed by atoms with Crippen LogP contribution in [0.2, 0.25) is 0 Å². The molecular formula is C12H8BrN3. The van der Waals surface area contributed by atoms with Gasteiger partial charge in [0.1, 0.15) is 10.3 Å². The Kier molecular flexibility index (Phi) is 2.22. The summed E-state index contributed by atoms with van der Waals surface area (Å²) in [5.74, 6) is 0. The molecule has 0 atom stereocenters. The highest BCUT2D eigenvalue weighted by Crippen LogP contribution is 2.26. The van der Waals surface area contributed by atoms with E-state index < -0.39 is 0 Å². The maximum atomic E-state index is 4.32. The molecule has 0 radical (unpaired) electrons. The average molecular weight is 274 g/mol. The van der Waals surface area contributed by atoms with Crippen LogP contribution in [0.15, 0.2) is 47.2 Å². The van der Waals surface area contributed by atoms with Crippen LogP contribution in [0.3, 0.4) is 0 Å². The summed E-state index contributed by atoms with van der Waals surface area (Å²) in [4.78, 5) is 4.16. The van der Waals surface area contributed by atoms with Crippen molar-refractivity contribution in [2.45, 2.75) is 0 Å². The molecule has 0 fully saturated rings.